The van der Waals surface area contributed by atoms with Gasteiger partial charge in [-0.15, -0.1) is 0 Å². The lowest BCUT2D eigenvalue weighted by Gasteiger charge is -1.94. The van der Waals surface area contributed by atoms with Crippen molar-refractivity contribution >= 4 is 27.2 Å². The molecule has 1 heterocycles. The van der Waals surface area contributed by atoms with E-state index in [1.807, 2.05) is 0 Å². The Hall–Kier alpha value is -2.18. The molecule has 0 aliphatic heterocycles. The smallest absolute Gasteiger partial charge is 0.408 e. The summed E-state index contributed by atoms with van der Waals surface area (Å²) in [6.07, 6.45) is 0.947. The number of carbonyl (C=O) groups excluding carboxylic acids is 1. The third kappa shape index (κ3) is 1.67. The number of H-pyrrole nitrogens is 1. The van der Waals surface area contributed by atoms with E-state index in [1.165, 1.54) is 12.1 Å². The summed E-state index contributed by atoms with van der Waals surface area (Å²) >= 11 is 0. The molecular weight excluding hydrogens is 236 g/mol. The highest BCUT2D eigenvalue weighted by Gasteiger charge is 2.14. The Kier molecular flexibility index (Phi) is 2.22. The normalized spacial score (nSPS) is 11.2. The zero-order valence-corrected chi connectivity index (χ0v) is 8.45. The van der Waals surface area contributed by atoms with Crippen LogP contribution in [0.2, 0.25) is 0 Å². The molecule has 0 amide bonds. The lowest BCUT2D eigenvalue weighted by atomic mass is 10.3. The summed E-state index contributed by atoms with van der Waals surface area (Å²) in [6, 6.07) is 3.64. The zero-order chi connectivity index (χ0) is 11.8. The average Bonchev–Trinajstić information content (AvgIpc) is 2.56. The molecule has 0 radical (unpaired) electrons. The summed E-state index contributed by atoms with van der Waals surface area (Å²) in [4.78, 5) is 22.8. The topological polar surface area (TPSA) is 110 Å². The van der Waals surface area contributed by atoms with E-state index < -0.39 is 15.8 Å². The number of rotatable bonds is 2. The predicted molar refractivity (Wildman–Crippen MR) is 52.1 cm³/mol. The largest absolute Gasteiger partial charge is 0.417 e. The molecule has 0 spiro atoms. The van der Waals surface area contributed by atoms with Crippen LogP contribution in [-0.4, -0.2) is 19.5 Å². The van der Waals surface area contributed by atoms with Gasteiger partial charge in [0.15, 0.2) is 5.58 Å². The van der Waals surface area contributed by atoms with Crippen molar-refractivity contribution in [1.29, 1.82) is 0 Å². The summed E-state index contributed by atoms with van der Waals surface area (Å²) in [6.45, 7) is 0. The van der Waals surface area contributed by atoms with Crippen molar-refractivity contribution in [3.05, 3.63) is 28.7 Å². The van der Waals surface area contributed by atoms with Crippen LogP contribution in [0, 0.1) is 0 Å². The van der Waals surface area contributed by atoms with Crippen LogP contribution in [-0.2, 0) is 14.8 Å². The first kappa shape index (κ1) is 10.3. The van der Waals surface area contributed by atoms with Crippen molar-refractivity contribution in [1.82, 2.24) is 4.98 Å². The van der Waals surface area contributed by atoms with Crippen molar-refractivity contribution in [2.45, 2.75) is 4.90 Å². The van der Waals surface area contributed by atoms with Crippen molar-refractivity contribution in [3.63, 3.8) is 0 Å². The van der Waals surface area contributed by atoms with Crippen molar-refractivity contribution in [2.75, 3.05) is 0 Å². The van der Waals surface area contributed by atoms with Crippen LogP contribution >= 0.6 is 0 Å². The third-order valence-corrected chi connectivity index (χ3v) is 3.01. The Morgan fingerprint density at radius 3 is 2.81 bits per heavy atom. The minimum atomic E-state index is -4.07. The maximum absolute atomic E-state index is 11.3. The maximum atomic E-state index is 11.3. The Morgan fingerprint density at radius 1 is 1.38 bits per heavy atom. The zero-order valence-electron chi connectivity index (χ0n) is 7.63. The van der Waals surface area contributed by atoms with Gasteiger partial charge < -0.3 is 4.42 Å². The monoisotopic (exact) mass is 240 g/mol. The highest BCUT2D eigenvalue weighted by molar-refractivity contribution is 7.90. The van der Waals surface area contributed by atoms with Crippen LogP contribution in [0.3, 0.4) is 0 Å². The number of benzene rings is 1. The number of hydrogen-bond acceptors (Lipinski definition) is 5. The highest BCUT2D eigenvalue weighted by atomic mass is 32.2. The number of sulfonamides is 1. The van der Waals surface area contributed by atoms with E-state index >= 15 is 0 Å². The number of oxazole rings is 1. The second-order valence-electron chi connectivity index (χ2n) is 2.83. The van der Waals surface area contributed by atoms with Crippen molar-refractivity contribution in [3.8, 4) is 0 Å². The Morgan fingerprint density at radius 2 is 2.12 bits per heavy atom. The van der Waals surface area contributed by atoms with Crippen molar-refractivity contribution in [2.24, 2.45) is 4.40 Å². The fourth-order valence-electron chi connectivity index (χ4n) is 1.19. The second-order valence-corrected chi connectivity index (χ2v) is 4.43. The molecule has 0 aliphatic rings. The van der Waals surface area contributed by atoms with Gasteiger partial charge in [0.05, 0.1) is 10.4 Å². The summed E-state index contributed by atoms with van der Waals surface area (Å²) < 4.78 is 30.0. The number of nitrogens with one attached hydrogen (secondary N) is 1. The molecule has 1 aromatic heterocycles. The number of isocyanates is 1. The van der Waals surface area contributed by atoms with Gasteiger partial charge in [-0.3, -0.25) is 4.98 Å². The fraction of sp³-hybridized carbons (Fsp3) is 0. The van der Waals surface area contributed by atoms with E-state index in [0.717, 1.165) is 12.1 Å². The van der Waals surface area contributed by atoms with Crippen LogP contribution in [0.5, 0.6) is 0 Å². The van der Waals surface area contributed by atoms with Crippen LogP contribution < -0.4 is 5.76 Å². The van der Waals surface area contributed by atoms with E-state index in [2.05, 4.69) is 13.8 Å². The minimum Gasteiger partial charge on any atom is -0.408 e. The molecule has 0 atom stereocenters. The summed E-state index contributed by atoms with van der Waals surface area (Å²) in [5.74, 6) is -0.691. The Bertz CT molecular complexity index is 748. The molecule has 82 valence electrons. The molecule has 0 saturated heterocycles. The first-order valence-corrected chi connectivity index (χ1v) is 5.44. The molecule has 0 saturated carbocycles. The molecule has 0 fully saturated rings. The first-order chi connectivity index (χ1) is 7.53. The summed E-state index contributed by atoms with van der Waals surface area (Å²) in [5.41, 5.74) is 0.436. The van der Waals surface area contributed by atoms with Gasteiger partial charge in [-0.1, -0.05) is 4.40 Å². The van der Waals surface area contributed by atoms with Gasteiger partial charge in [-0.05, 0) is 12.1 Å². The van der Waals surface area contributed by atoms with Crippen LogP contribution in [0.15, 0.2) is 36.7 Å². The van der Waals surface area contributed by atoms with Gasteiger partial charge in [0.2, 0.25) is 0 Å². The number of aromatic nitrogens is 1. The predicted octanol–water partition coefficient (Wildman–Crippen LogP) is 0.146. The van der Waals surface area contributed by atoms with Gasteiger partial charge in [0, 0.05) is 6.07 Å². The van der Waals surface area contributed by atoms with Crippen molar-refractivity contribution < 1.29 is 17.6 Å². The van der Waals surface area contributed by atoms with E-state index in [0.29, 0.717) is 5.52 Å². The number of nitrogens with zero attached hydrogens (tertiary/aromatic N) is 1. The highest BCUT2D eigenvalue weighted by Crippen LogP contribution is 2.17. The Labute approximate surface area is 88.5 Å². The molecule has 2 rings (SSSR count). The van der Waals surface area contributed by atoms with Gasteiger partial charge in [-0.25, -0.2) is 9.59 Å². The van der Waals surface area contributed by atoms with Gasteiger partial charge in [0.25, 0.3) is 16.1 Å². The lowest BCUT2D eigenvalue weighted by molar-refractivity contribution is 0.553. The summed E-state index contributed by atoms with van der Waals surface area (Å²) in [5, 5.41) is 0. The lowest BCUT2D eigenvalue weighted by Crippen LogP contribution is -1.95. The van der Waals surface area contributed by atoms with Gasteiger partial charge in [0.1, 0.15) is 0 Å². The molecule has 2 aromatic rings. The van der Waals surface area contributed by atoms with Gasteiger partial charge in [-0.2, -0.15) is 8.42 Å². The van der Waals surface area contributed by atoms with E-state index in [1.54, 1.807) is 0 Å². The number of fused-ring (bicyclic) bond motifs is 1. The van der Waals surface area contributed by atoms with Crippen LogP contribution in [0.4, 0.5) is 0 Å². The van der Waals surface area contributed by atoms with E-state index in [9.17, 15) is 18.0 Å². The fourth-order valence-corrected chi connectivity index (χ4v) is 1.89. The van der Waals surface area contributed by atoms with E-state index in [4.69, 9.17) is 0 Å². The Balaban J connectivity index is 2.72. The molecule has 16 heavy (non-hydrogen) atoms. The quantitative estimate of drug-likeness (QED) is 0.593. The molecule has 0 aliphatic carbocycles. The SMILES string of the molecule is O=C=NS(=O)(=O)c1ccc2[nH]c(=O)oc2c1. The molecule has 1 aromatic carbocycles. The van der Waals surface area contributed by atoms with Crippen LogP contribution in [0.25, 0.3) is 11.1 Å². The number of aromatic amines is 1. The number of hydrogen-bond donors (Lipinski definition) is 1. The third-order valence-electron chi connectivity index (χ3n) is 1.85. The molecule has 7 nitrogen and oxygen atoms in total. The molecule has 1 N–H and O–H groups in total. The molecule has 0 unspecified atom stereocenters. The van der Waals surface area contributed by atoms with Crippen LogP contribution in [0.1, 0.15) is 0 Å². The van der Waals surface area contributed by atoms with E-state index in [-0.39, 0.29) is 10.5 Å². The second kappa shape index (κ2) is 3.44. The molecule has 0 bridgehead atoms. The minimum absolute atomic E-state index is 0.0761. The molecule has 8 heteroatoms. The van der Waals surface area contributed by atoms with Gasteiger partial charge >= 0.3 is 5.76 Å². The first-order valence-electron chi connectivity index (χ1n) is 4.00. The summed E-state index contributed by atoms with van der Waals surface area (Å²) in [7, 11) is -4.07. The molecular formula is C8H4N2O5S. The maximum Gasteiger partial charge on any atom is 0.417 e. The average molecular weight is 240 g/mol. The standard InChI is InChI=1S/C8H4N2O5S/c11-4-9-16(13,14)5-1-2-6-7(3-5)15-8(12)10-6/h1-3H,(H,10,12).